The van der Waals surface area contributed by atoms with E-state index < -0.39 is 0 Å². The zero-order valence-corrected chi connectivity index (χ0v) is 9.45. The lowest BCUT2D eigenvalue weighted by atomic mass is 10.3. The second-order valence-corrected chi connectivity index (χ2v) is 3.48. The van der Waals surface area contributed by atoms with E-state index in [1.807, 2.05) is 20.8 Å². The molecular weight excluding hydrogens is 180 g/mol. The Kier molecular flexibility index (Phi) is 7.42. The highest BCUT2D eigenvalue weighted by Gasteiger charge is 2.11. The highest BCUT2D eigenvalue weighted by Crippen LogP contribution is 1.95. The maximum absolute atomic E-state index is 11.5. The highest BCUT2D eigenvalue weighted by atomic mass is 16.5. The Labute approximate surface area is 86.4 Å². The first-order valence-corrected chi connectivity index (χ1v) is 5.21. The van der Waals surface area contributed by atoms with Crippen LogP contribution < -0.4 is 5.73 Å². The maximum Gasteiger partial charge on any atom is 0.248 e. The molecule has 1 amide bonds. The molecule has 0 aromatic rings. The molecule has 0 radical (unpaired) electrons. The lowest BCUT2D eigenvalue weighted by Gasteiger charge is -2.21. The van der Waals surface area contributed by atoms with Crippen LogP contribution in [0.4, 0.5) is 0 Å². The lowest BCUT2D eigenvalue weighted by molar-refractivity contribution is -0.137. The molecule has 0 aliphatic carbocycles. The van der Waals surface area contributed by atoms with Gasteiger partial charge in [-0.25, -0.2) is 0 Å². The number of hydrogen-bond acceptors (Lipinski definition) is 3. The van der Waals surface area contributed by atoms with Gasteiger partial charge in [-0.1, -0.05) is 0 Å². The van der Waals surface area contributed by atoms with Gasteiger partial charge in [0.05, 0.1) is 6.10 Å². The average Bonchev–Trinajstić information content (AvgIpc) is 2.16. The minimum Gasteiger partial charge on any atom is -0.369 e. The first-order valence-electron chi connectivity index (χ1n) is 5.21. The van der Waals surface area contributed by atoms with Crippen molar-refractivity contribution in [2.24, 2.45) is 5.73 Å². The van der Waals surface area contributed by atoms with Gasteiger partial charge >= 0.3 is 0 Å². The molecule has 0 saturated carbocycles. The van der Waals surface area contributed by atoms with E-state index in [-0.39, 0.29) is 18.6 Å². The summed E-state index contributed by atoms with van der Waals surface area (Å²) in [7, 11) is 0. The molecule has 0 aliphatic rings. The van der Waals surface area contributed by atoms with Crippen molar-refractivity contribution >= 4 is 5.91 Å². The smallest absolute Gasteiger partial charge is 0.248 e. The second-order valence-electron chi connectivity index (χ2n) is 3.48. The number of nitrogens with zero attached hydrogens (tertiary/aromatic N) is 1. The zero-order valence-electron chi connectivity index (χ0n) is 9.45. The molecule has 0 unspecified atom stereocenters. The van der Waals surface area contributed by atoms with Crippen molar-refractivity contribution < 1.29 is 9.53 Å². The molecule has 0 aromatic carbocycles. The van der Waals surface area contributed by atoms with Crippen LogP contribution in [0, 0.1) is 0 Å². The van der Waals surface area contributed by atoms with Gasteiger partial charge in [-0.2, -0.15) is 0 Å². The molecule has 0 aliphatic heterocycles. The topological polar surface area (TPSA) is 55.6 Å². The number of carbonyl (C=O) groups is 1. The fourth-order valence-corrected chi connectivity index (χ4v) is 1.07. The Morgan fingerprint density at radius 1 is 1.50 bits per heavy atom. The molecule has 0 rings (SSSR count). The minimum absolute atomic E-state index is 0.0506. The van der Waals surface area contributed by atoms with Crippen LogP contribution >= 0.6 is 0 Å². The van der Waals surface area contributed by atoms with Gasteiger partial charge in [0.1, 0.15) is 6.61 Å². The molecule has 0 heterocycles. The Morgan fingerprint density at radius 3 is 2.57 bits per heavy atom. The average molecular weight is 202 g/mol. The van der Waals surface area contributed by atoms with E-state index in [1.54, 1.807) is 4.90 Å². The van der Waals surface area contributed by atoms with Gasteiger partial charge in [0.15, 0.2) is 0 Å². The molecule has 0 fully saturated rings. The van der Waals surface area contributed by atoms with Gasteiger partial charge in [0.2, 0.25) is 5.91 Å². The van der Waals surface area contributed by atoms with Crippen LogP contribution in [-0.2, 0) is 9.53 Å². The van der Waals surface area contributed by atoms with Crippen LogP contribution in [-0.4, -0.2) is 43.2 Å². The van der Waals surface area contributed by atoms with E-state index in [0.717, 1.165) is 19.5 Å². The third-order valence-corrected chi connectivity index (χ3v) is 1.91. The summed E-state index contributed by atoms with van der Waals surface area (Å²) in [6.07, 6.45) is 0.952. The first-order chi connectivity index (χ1) is 6.61. The van der Waals surface area contributed by atoms with Crippen molar-refractivity contribution in [3.63, 3.8) is 0 Å². The summed E-state index contributed by atoms with van der Waals surface area (Å²) in [4.78, 5) is 13.3. The van der Waals surface area contributed by atoms with Crippen LogP contribution in [0.15, 0.2) is 0 Å². The van der Waals surface area contributed by atoms with E-state index in [1.165, 1.54) is 0 Å². The maximum atomic E-state index is 11.5. The molecule has 4 heteroatoms. The van der Waals surface area contributed by atoms with Crippen LogP contribution in [0.1, 0.15) is 27.2 Å². The fraction of sp³-hybridized carbons (Fsp3) is 0.900. The Hall–Kier alpha value is -0.610. The largest absolute Gasteiger partial charge is 0.369 e. The van der Waals surface area contributed by atoms with Gasteiger partial charge in [-0.05, 0) is 33.7 Å². The van der Waals surface area contributed by atoms with Crippen molar-refractivity contribution in [3.05, 3.63) is 0 Å². The summed E-state index contributed by atoms with van der Waals surface area (Å²) < 4.78 is 5.24. The second kappa shape index (κ2) is 7.76. The Bertz CT molecular complexity index is 160. The van der Waals surface area contributed by atoms with E-state index in [9.17, 15) is 4.79 Å². The summed E-state index contributed by atoms with van der Waals surface area (Å²) in [6, 6.07) is 0. The van der Waals surface area contributed by atoms with Crippen molar-refractivity contribution in [2.45, 2.75) is 33.3 Å². The summed E-state index contributed by atoms with van der Waals surface area (Å²) in [5, 5.41) is 0. The number of amides is 1. The van der Waals surface area contributed by atoms with E-state index in [2.05, 4.69) is 0 Å². The molecule has 0 spiro atoms. The van der Waals surface area contributed by atoms with Crippen molar-refractivity contribution in [1.82, 2.24) is 4.90 Å². The molecule has 14 heavy (non-hydrogen) atoms. The van der Waals surface area contributed by atoms with Crippen LogP contribution in [0.5, 0.6) is 0 Å². The van der Waals surface area contributed by atoms with E-state index in [4.69, 9.17) is 10.5 Å². The van der Waals surface area contributed by atoms with Crippen LogP contribution in [0.3, 0.4) is 0 Å². The van der Waals surface area contributed by atoms with Gasteiger partial charge in [-0.15, -0.1) is 0 Å². The minimum atomic E-state index is 0.0506. The molecule has 0 bridgehead atoms. The van der Waals surface area contributed by atoms with Gasteiger partial charge < -0.3 is 15.4 Å². The van der Waals surface area contributed by atoms with Crippen LogP contribution in [0.2, 0.25) is 0 Å². The summed E-state index contributed by atoms with van der Waals surface area (Å²) in [5.41, 5.74) is 5.38. The number of nitrogens with two attached hydrogens (primary N) is 1. The fourth-order valence-electron chi connectivity index (χ4n) is 1.07. The summed E-state index contributed by atoms with van der Waals surface area (Å²) in [6.45, 7) is 8.05. The molecular formula is C10H22N2O2. The third kappa shape index (κ3) is 5.94. The first kappa shape index (κ1) is 13.4. The van der Waals surface area contributed by atoms with Crippen molar-refractivity contribution in [1.29, 1.82) is 0 Å². The third-order valence-electron chi connectivity index (χ3n) is 1.91. The predicted octanol–water partition coefficient (Wildman–Crippen LogP) is 0.609. The summed E-state index contributed by atoms with van der Waals surface area (Å²) in [5.74, 6) is 0.0506. The van der Waals surface area contributed by atoms with Gasteiger partial charge in [0.25, 0.3) is 0 Å². The number of rotatable bonds is 7. The Morgan fingerprint density at radius 2 is 2.14 bits per heavy atom. The van der Waals surface area contributed by atoms with Crippen molar-refractivity contribution in [2.75, 3.05) is 26.2 Å². The normalized spacial score (nSPS) is 10.6. The number of hydrogen-bond donors (Lipinski definition) is 1. The van der Waals surface area contributed by atoms with Gasteiger partial charge in [0, 0.05) is 13.1 Å². The summed E-state index contributed by atoms with van der Waals surface area (Å²) >= 11 is 0. The zero-order chi connectivity index (χ0) is 11.0. The molecule has 0 atom stereocenters. The van der Waals surface area contributed by atoms with Crippen molar-refractivity contribution in [3.8, 4) is 0 Å². The molecule has 0 aromatic heterocycles. The van der Waals surface area contributed by atoms with E-state index in [0.29, 0.717) is 6.54 Å². The lowest BCUT2D eigenvalue weighted by Crippen LogP contribution is -2.36. The molecule has 84 valence electrons. The quantitative estimate of drug-likeness (QED) is 0.658. The van der Waals surface area contributed by atoms with Crippen LogP contribution in [0.25, 0.3) is 0 Å². The number of likely N-dealkylation sites (N-methyl/N-ethyl adjacent to an activating group) is 1. The Balaban J connectivity index is 3.79. The number of carbonyl (C=O) groups excluding carboxylic acids is 1. The predicted molar refractivity (Wildman–Crippen MR) is 57.0 cm³/mol. The molecule has 4 nitrogen and oxygen atoms in total. The highest BCUT2D eigenvalue weighted by molar-refractivity contribution is 5.77. The molecule has 0 saturated heterocycles. The van der Waals surface area contributed by atoms with Gasteiger partial charge in [-0.3, -0.25) is 4.79 Å². The number of ether oxygens (including phenoxy) is 1. The molecule has 2 N–H and O–H groups in total. The van der Waals surface area contributed by atoms with E-state index >= 15 is 0 Å². The monoisotopic (exact) mass is 202 g/mol. The standard InChI is InChI=1S/C10H22N2O2/c1-4-12(7-5-6-11)10(13)8-14-9(2)3/h9H,4-8,11H2,1-3H3. The SMILES string of the molecule is CCN(CCCN)C(=O)COC(C)C.